The fourth-order valence-electron chi connectivity index (χ4n) is 1.80. The van der Waals surface area contributed by atoms with E-state index in [0.717, 1.165) is 10.1 Å². The molecule has 0 bridgehead atoms. The van der Waals surface area contributed by atoms with Crippen LogP contribution in [0.25, 0.3) is 11.2 Å². The van der Waals surface area contributed by atoms with Crippen LogP contribution >= 0.6 is 15.9 Å². The number of nitrogens with two attached hydrogens (primary N) is 1. The number of anilines is 1. The van der Waals surface area contributed by atoms with E-state index in [1.807, 2.05) is 16.7 Å². The monoisotopic (exact) mass is 303 g/mol. The minimum atomic E-state index is 0.412. The van der Waals surface area contributed by atoms with E-state index in [4.69, 9.17) is 5.73 Å². The van der Waals surface area contributed by atoms with Crippen molar-refractivity contribution in [2.75, 3.05) is 5.73 Å². The van der Waals surface area contributed by atoms with Crippen LogP contribution in [-0.4, -0.2) is 19.5 Å². The van der Waals surface area contributed by atoms with Gasteiger partial charge < -0.3 is 10.3 Å². The van der Waals surface area contributed by atoms with Crippen LogP contribution in [0.15, 0.2) is 41.4 Å². The summed E-state index contributed by atoms with van der Waals surface area (Å²) in [6, 6.07) is 8.14. The summed E-state index contributed by atoms with van der Waals surface area (Å²) in [6.07, 6.45) is 3.19. The summed E-state index contributed by atoms with van der Waals surface area (Å²) in [4.78, 5) is 12.4. The van der Waals surface area contributed by atoms with Crippen LogP contribution in [0.3, 0.4) is 0 Å². The standard InChI is InChI=1S/C12H10BrN5/c13-9-3-1-8(2-4-9)5-18-7-17-10-11(14)15-6-16-12(10)18/h1-4,6-7H,5H2,(H2,14,15,16). The van der Waals surface area contributed by atoms with E-state index in [1.54, 1.807) is 6.33 Å². The van der Waals surface area contributed by atoms with E-state index in [1.165, 1.54) is 11.9 Å². The Balaban J connectivity index is 2.00. The number of rotatable bonds is 2. The molecule has 0 aliphatic rings. The fourth-order valence-corrected chi connectivity index (χ4v) is 2.07. The first-order valence-corrected chi connectivity index (χ1v) is 6.19. The van der Waals surface area contributed by atoms with Gasteiger partial charge in [-0.25, -0.2) is 15.0 Å². The Hall–Kier alpha value is -1.95. The van der Waals surface area contributed by atoms with E-state index >= 15 is 0 Å². The molecule has 0 aliphatic carbocycles. The zero-order valence-corrected chi connectivity index (χ0v) is 11.0. The lowest BCUT2D eigenvalue weighted by Gasteiger charge is -2.04. The average molecular weight is 304 g/mol. The van der Waals surface area contributed by atoms with Crippen LogP contribution in [-0.2, 0) is 6.54 Å². The van der Waals surface area contributed by atoms with Crippen molar-refractivity contribution >= 4 is 32.9 Å². The van der Waals surface area contributed by atoms with E-state index in [0.29, 0.717) is 17.9 Å². The van der Waals surface area contributed by atoms with Crippen LogP contribution in [0.2, 0.25) is 0 Å². The number of benzene rings is 1. The van der Waals surface area contributed by atoms with E-state index in [-0.39, 0.29) is 0 Å². The van der Waals surface area contributed by atoms with Gasteiger partial charge in [-0.1, -0.05) is 28.1 Å². The maximum Gasteiger partial charge on any atom is 0.165 e. The van der Waals surface area contributed by atoms with Gasteiger partial charge in [0, 0.05) is 4.47 Å². The Labute approximate surface area is 112 Å². The van der Waals surface area contributed by atoms with Gasteiger partial charge in [0.15, 0.2) is 11.5 Å². The second-order valence-corrected chi connectivity index (χ2v) is 4.85. The fraction of sp³-hybridized carbons (Fsp3) is 0.0833. The lowest BCUT2D eigenvalue weighted by Crippen LogP contribution is -2.00. The highest BCUT2D eigenvalue weighted by Crippen LogP contribution is 2.16. The van der Waals surface area contributed by atoms with Gasteiger partial charge in [-0.15, -0.1) is 0 Å². The number of fused-ring (bicyclic) bond motifs is 1. The molecule has 2 aromatic heterocycles. The summed E-state index contributed by atoms with van der Waals surface area (Å²) in [5.74, 6) is 0.412. The Morgan fingerprint density at radius 1 is 1.11 bits per heavy atom. The van der Waals surface area contributed by atoms with Gasteiger partial charge in [-0.2, -0.15) is 0 Å². The second-order valence-electron chi connectivity index (χ2n) is 3.93. The van der Waals surface area contributed by atoms with E-state index in [2.05, 4.69) is 43.0 Å². The molecule has 0 saturated heterocycles. The van der Waals surface area contributed by atoms with Gasteiger partial charge >= 0.3 is 0 Å². The Morgan fingerprint density at radius 2 is 1.89 bits per heavy atom. The van der Waals surface area contributed by atoms with Crippen molar-refractivity contribution in [3.8, 4) is 0 Å². The normalized spacial score (nSPS) is 10.9. The molecule has 90 valence electrons. The van der Waals surface area contributed by atoms with E-state index in [9.17, 15) is 0 Å². The van der Waals surface area contributed by atoms with Gasteiger partial charge in [0.1, 0.15) is 11.8 Å². The largest absolute Gasteiger partial charge is 0.382 e. The summed E-state index contributed by atoms with van der Waals surface area (Å²) < 4.78 is 3.02. The number of hydrogen-bond acceptors (Lipinski definition) is 4. The SMILES string of the molecule is Nc1ncnc2c1ncn2Cc1ccc(Br)cc1. The molecule has 0 spiro atoms. The molecular formula is C12H10BrN5. The zero-order valence-electron chi connectivity index (χ0n) is 9.42. The van der Waals surface area contributed by atoms with Crippen LogP contribution in [0, 0.1) is 0 Å². The van der Waals surface area contributed by atoms with Crippen molar-refractivity contribution in [2.45, 2.75) is 6.54 Å². The van der Waals surface area contributed by atoms with Crippen molar-refractivity contribution in [3.05, 3.63) is 47.0 Å². The minimum Gasteiger partial charge on any atom is -0.382 e. The van der Waals surface area contributed by atoms with Crippen LogP contribution in [0.4, 0.5) is 5.82 Å². The number of hydrogen-bond donors (Lipinski definition) is 1. The lowest BCUT2D eigenvalue weighted by molar-refractivity contribution is 0.813. The molecule has 5 nitrogen and oxygen atoms in total. The summed E-state index contributed by atoms with van der Waals surface area (Å²) in [5, 5.41) is 0. The molecule has 0 saturated carbocycles. The molecule has 0 aliphatic heterocycles. The zero-order chi connectivity index (χ0) is 12.5. The first-order chi connectivity index (χ1) is 8.74. The third-order valence-electron chi connectivity index (χ3n) is 2.70. The van der Waals surface area contributed by atoms with Gasteiger partial charge in [0.2, 0.25) is 0 Å². The molecule has 3 aromatic rings. The summed E-state index contributed by atoms with van der Waals surface area (Å²) in [5.41, 5.74) is 8.33. The Bertz CT molecular complexity index is 689. The highest BCUT2D eigenvalue weighted by molar-refractivity contribution is 9.10. The highest BCUT2D eigenvalue weighted by Gasteiger charge is 2.07. The lowest BCUT2D eigenvalue weighted by atomic mass is 10.2. The molecule has 0 radical (unpaired) electrons. The predicted molar refractivity (Wildman–Crippen MR) is 73.0 cm³/mol. The number of halogens is 1. The summed E-state index contributed by atoms with van der Waals surface area (Å²) in [6.45, 7) is 0.709. The van der Waals surface area contributed by atoms with E-state index < -0.39 is 0 Å². The molecule has 0 atom stereocenters. The number of nitrogens with zero attached hydrogens (tertiary/aromatic N) is 4. The molecule has 18 heavy (non-hydrogen) atoms. The molecule has 2 N–H and O–H groups in total. The summed E-state index contributed by atoms with van der Waals surface area (Å²) in [7, 11) is 0. The second kappa shape index (κ2) is 4.38. The number of imidazole rings is 1. The molecular weight excluding hydrogens is 294 g/mol. The van der Waals surface area contributed by atoms with Gasteiger partial charge in [-0.3, -0.25) is 0 Å². The third kappa shape index (κ3) is 1.95. The van der Waals surface area contributed by atoms with Crippen LogP contribution < -0.4 is 5.73 Å². The van der Waals surface area contributed by atoms with Crippen molar-refractivity contribution in [1.29, 1.82) is 0 Å². The smallest absolute Gasteiger partial charge is 0.165 e. The molecule has 0 fully saturated rings. The van der Waals surface area contributed by atoms with Gasteiger partial charge in [-0.05, 0) is 17.7 Å². The Kier molecular flexibility index (Phi) is 2.71. The minimum absolute atomic E-state index is 0.412. The van der Waals surface area contributed by atoms with Gasteiger partial charge in [0.25, 0.3) is 0 Å². The molecule has 1 aromatic carbocycles. The average Bonchev–Trinajstić information content (AvgIpc) is 2.77. The molecule has 6 heteroatoms. The number of aromatic nitrogens is 4. The predicted octanol–water partition coefficient (Wildman–Crippen LogP) is 2.22. The van der Waals surface area contributed by atoms with Crippen molar-refractivity contribution < 1.29 is 0 Å². The maximum atomic E-state index is 5.75. The maximum absolute atomic E-state index is 5.75. The van der Waals surface area contributed by atoms with Crippen LogP contribution in [0.5, 0.6) is 0 Å². The topological polar surface area (TPSA) is 69.6 Å². The quantitative estimate of drug-likeness (QED) is 0.788. The summed E-state index contributed by atoms with van der Waals surface area (Å²) >= 11 is 3.42. The van der Waals surface area contributed by atoms with Crippen LogP contribution in [0.1, 0.15) is 5.56 Å². The molecule has 0 amide bonds. The van der Waals surface area contributed by atoms with Crippen molar-refractivity contribution in [1.82, 2.24) is 19.5 Å². The van der Waals surface area contributed by atoms with Crippen molar-refractivity contribution in [2.24, 2.45) is 0 Å². The molecule has 0 unspecified atom stereocenters. The third-order valence-corrected chi connectivity index (χ3v) is 3.22. The molecule has 3 rings (SSSR count). The number of nitrogen functional groups attached to an aromatic ring is 1. The van der Waals surface area contributed by atoms with Gasteiger partial charge in [0.05, 0.1) is 12.9 Å². The first kappa shape index (κ1) is 11.2. The Morgan fingerprint density at radius 3 is 2.67 bits per heavy atom. The van der Waals surface area contributed by atoms with Crippen molar-refractivity contribution in [3.63, 3.8) is 0 Å². The highest BCUT2D eigenvalue weighted by atomic mass is 79.9. The molecule has 2 heterocycles. The first-order valence-electron chi connectivity index (χ1n) is 5.40.